The van der Waals surface area contributed by atoms with Crippen molar-refractivity contribution >= 4 is 5.91 Å². The Balaban J connectivity index is 1.37. The van der Waals surface area contributed by atoms with E-state index in [1.807, 2.05) is 29.2 Å². The molecule has 1 saturated heterocycles. The Hall–Kier alpha value is -2.33. The van der Waals surface area contributed by atoms with Crippen LogP contribution < -0.4 is 4.74 Å². The van der Waals surface area contributed by atoms with E-state index < -0.39 is 0 Å². The molecule has 3 rings (SSSR count). The zero-order chi connectivity index (χ0) is 18.4. The van der Waals surface area contributed by atoms with Crippen molar-refractivity contribution in [1.29, 1.82) is 0 Å². The molecule has 1 fully saturated rings. The largest absolute Gasteiger partial charge is 0.492 e. The summed E-state index contributed by atoms with van der Waals surface area (Å²) in [4.78, 5) is 16.8. The first-order valence-electron chi connectivity index (χ1n) is 9.35. The second kappa shape index (κ2) is 8.86. The Morgan fingerprint density at radius 2 is 1.46 bits per heavy atom. The molecule has 0 N–H and O–H groups in total. The first kappa shape index (κ1) is 18.5. The van der Waals surface area contributed by atoms with E-state index >= 15 is 0 Å². The molecule has 0 radical (unpaired) electrons. The van der Waals surface area contributed by atoms with Crippen molar-refractivity contribution in [3.05, 3.63) is 65.2 Å². The van der Waals surface area contributed by atoms with Crippen LogP contribution in [0.1, 0.15) is 16.7 Å². The van der Waals surface area contributed by atoms with Crippen molar-refractivity contribution in [2.75, 3.05) is 39.3 Å². The molecule has 0 atom stereocenters. The van der Waals surface area contributed by atoms with E-state index in [-0.39, 0.29) is 5.91 Å². The lowest BCUT2D eigenvalue weighted by Gasteiger charge is -2.34. The molecular formula is C22H28N2O2. The minimum Gasteiger partial charge on any atom is -0.492 e. The van der Waals surface area contributed by atoms with E-state index in [0.717, 1.165) is 44.0 Å². The fraction of sp³-hybridized carbons (Fsp3) is 0.409. The van der Waals surface area contributed by atoms with Crippen molar-refractivity contribution in [1.82, 2.24) is 9.80 Å². The zero-order valence-corrected chi connectivity index (χ0v) is 15.8. The summed E-state index contributed by atoms with van der Waals surface area (Å²) in [5.74, 6) is 1.15. The molecule has 0 bridgehead atoms. The highest BCUT2D eigenvalue weighted by Crippen LogP contribution is 2.12. The second-order valence-electron chi connectivity index (χ2n) is 7.05. The van der Waals surface area contributed by atoms with E-state index in [1.165, 1.54) is 11.1 Å². The van der Waals surface area contributed by atoms with Gasteiger partial charge >= 0.3 is 0 Å². The van der Waals surface area contributed by atoms with E-state index in [4.69, 9.17) is 4.74 Å². The van der Waals surface area contributed by atoms with Crippen molar-refractivity contribution in [3.63, 3.8) is 0 Å². The number of hydrogen-bond acceptors (Lipinski definition) is 3. The van der Waals surface area contributed by atoms with Gasteiger partial charge in [-0.2, -0.15) is 0 Å². The molecule has 1 aliphatic rings. The van der Waals surface area contributed by atoms with E-state index in [1.54, 1.807) is 0 Å². The summed E-state index contributed by atoms with van der Waals surface area (Å²) in [6.07, 6.45) is 0.497. The van der Waals surface area contributed by atoms with Crippen LogP contribution in [0, 0.1) is 13.8 Å². The summed E-state index contributed by atoms with van der Waals surface area (Å²) in [5, 5.41) is 0. The highest BCUT2D eigenvalue weighted by molar-refractivity contribution is 5.78. The Labute approximate surface area is 156 Å². The maximum atomic E-state index is 12.5. The summed E-state index contributed by atoms with van der Waals surface area (Å²) in [6, 6.07) is 16.4. The topological polar surface area (TPSA) is 32.8 Å². The highest BCUT2D eigenvalue weighted by Gasteiger charge is 2.20. The average Bonchev–Trinajstić information content (AvgIpc) is 2.66. The zero-order valence-electron chi connectivity index (χ0n) is 15.8. The number of piperazine rings is 1. The van der Waals surface area contributed by atoms with Gasteiger partial charge in [-0.05, 0) is 31.5 Å². The lowest BCUT2D eigenvalue weighted by molar-refractivity contribution is -0.132. The predicted molar refractivity (Wildman–Crippen MR) is 105 cm³/mol. The molecule has 0 unspecified atom stereocenters. The maximum Gasteiger partial charge on any atom is 0.227 e. The van der Waals surface area contributed by atoms with Gasteiger partial charge < -0.3 is 9.64 Å². The fourth-order valence-electron chi connectivity index (χ4n) is 3.14. The van der Waals surface area contributed by atoms with Gasteiger partial charge in [0.05, 0.1) is 6.42 Å². The molecule has 1 heterocycles. The summed E-state index contributed by atoms with van der Waals surface area (Å²) in [5.41, 5.74) is 3.56. The Kier molecular flexibility index (Phi) is 6.29. The van der Waals surface area contributed by atoms with Gasteiger partial charge in [0, 0.05) is 32.7 Å². The fourth-order valence-corrected chi connectivity index (χ4v) is 3.14. The number of carbonyl (C=O) groups excluding carboxylic acids is 1. The number of carbonyl (C=O) groups is 1. The van der Waals surface area contributed by atoms with E-state index in [0.29, 0.717) is 13.0 Å². The van der Waals surface area contributed by atoms with Gasteiger partial charge in [0.2, 0.25) is 5.91 Å². The number of hydrogen-bond donors (Lipinski definition) is 0. The van der Waals surface area contributed by atoms with Crippen LogP contribution in [-0.2, 0) is 11.2 Å². The van der Waals surface area contributed by atoms with Gasteiger partial charge in [-0.3, -0.25) is 9.69 Å². The third kappa shape index (κ3) is 5.33. The van der Waals surface area contributed by atoms with Crippen molar-refractivity contribution < 1.29 is 9.53 Å². The van der Waals surface area contributed by atoms with Crippen LogP contribution in [0.5, 0.6) is 5.75 Å². The normalized spacial score (nSPS) is 15.1. The molecule has 4 heteroatoms. The van der Waals surface area contributed by atoms with Crippen LogP contribution in [0.15, 0.2) is 48.5 Å². The van der Waals surface area contributed by atoms with Crippen molar-refractivity contribution in [2.45, 2.75) is 20.3 Å². The molecule has 0 saturated carbocycles. The van der Waals surface area contributed by atoms with Gasteiger partial charge in [-0.1, -0.05) is 47.5 Å². The molecule has 1 amide bonds. The number of ether oxygens (including phenoxy) is 1. The van der Waals surface area contributed by atoms with E-state index in [9.17, 15) is 4.79 Å². The minimum absolute atomic E-state index is 0.226. The molecular weight excluding hydrogens is 324 g/mol. The second-order valence-corrected chi connectivity index (χ2v) is 7.05. The van der Waals surface area contributed by atoms with Crippen LogP contribution in [-0.4, -0.2) is 55.0 Å². The lowest BCUT2D eigenvalue weighted by Crippen LogP contribution is -2.49. The van der Waals surface area contributed by atoms with Gasteiger partial charge in [-0.15, -0.1) is 0 Å². The number of nitrogens with zero attached hydrogens (tertiary/aromatic N) is 2. The predicted octanol–water partition coefficient (Wildman–Crippen LogP) is 3.07. The van der Waals surface area contributed by atoms with Crippen LogP contribution in [0.3, 0.4) is 0 Å². The molecule has 0 aromatic heterocycles. The molecule has 2 aromatic carbocycles. The third-order valence-electron chi connectivity index (χ3n) is 4.90. The lowest BCUT2D eigenvalue weighted by atomic mass is 10.1. The number of benzene rings is 2. The van der Waals surface area contributed by atoms with E-state index in [2.05, 4.69) is 43.0 Å². The van der Waals surface area contributed by atoms with Crippen molar-refractivity contribution in [3.8, 4) is 5.75 Å². The highest BCUT2D eigenvalue weighted by atomic mass is 16.5. The van der Waals surface area contributed by atoms with Crippen molar-refractivity contribution in [2.24, 2.45) is 0 Å². The summed E-state index contributed by atoms with van der Waals surface area (Å²) in [7, 11) is 0. The molecule has 2 aromatic rings. The van der Waals surface area contributed by atoms with Crippen LogP contribution >= 0.6 is 0 Å². The number of aryl methyl sites for hydroxylation is 2. The number of rotatable bonds is 6. The molecule has 1 aliphatic heterocycles. The van der Waals surface area contributed by atoms with Crippen LogP contribution in [0.25, 0.3) is 0 Å². The van der Waals surface area contributed by atoms with Gasteiger partial charge in [0.15, 0.2) is 0 Å². The summed E-state index contributed by atoms with van der Waals surface area (Å²) in [6.45, 7) is 9.14. The third-order valence-corrected chi connectivity index (χ3v) is 4.90. The molecule has 138 valence electrons. The Morgan fingerprint density at radius 3 is 2.08 bits per heavy atom. The SMILES string of the molecule is Cc1ccc(CC(=O)N2CCN(CCOc3ccc(C)cc3)CC2)cc1. The van der Waals surface area contributed by atoms with Gasteiger partial charge in [0.25, 0.3) is 0 Å². The van der Waals surface area contributed by atoms with Crippen LogP contribution in [0.2, 0.25) is 0 Å². The molecule has 0 aliphatic carbocycles. The standard InChI is InChI=1S/C22H28N2O2/c1-18-3-7-20(8-4-18)17-22(25)24-13-11-23(12-14-24)15-16-26-21-9-5-19(2)6-10-21/h3-10H,11-17H2,1-2H3. The Morgan fingerprint density at radius 1 is 0.885 bits per heavy atom. The molecule has 26 heavy (non-hydrogen) atoms. The van der Waals surface area contributed by atoms with Gasteiger partial charge in [0.1, 0.15) is 12.4 Å². The van der Waals surface area contributed by atoms with Crippen LogP contribution in [0.4, 0.5) is 0 Å². The smallest absolute Gasteiger partial charge is 0.227 e. The maximum absolute atomic E-state index is 12.5. The summed E-state index contributed by atoms with van der Waals surface area (Å²) < 4.78 is 5.80. The molecule has 4 nitrogen and oxygen atoms in total. The average molecular weight is 352 g/mol. The monoisotopic (exact) mass is 352 g/mol. The first-order valence-corrected chi connectivity index (χ1v) is 9.35. The minimum atomic E-state index is 0.226. The summed E-state index contributed by atoms with van der Waals surface area (Å²) >= 11 is 0. The van der Waals surface area contributed by atoms with Gasteiger partial charge in [-0.25, -0.2) is 0 Å². The number of amides is 1. The first-order chi connectivity index (χ1) is 12.6. The Bertz CT molecular complexity index is 702. The molecule has 0 spiro atoms. The quantitative estimate of drug-likeness (QED) is 0.801.